The molecule has 0 aromatic heterocycles. The van der Waals surface area contributed by atoms with Crippen LogP contribution in [-0.4, -0.2) is 89.2 Å². The van der Waals surface area contributed by atoms with Gasteiger partial charge in [-0.3, -0.25) is 14.4 Å². The van der Waals surface area contributed by atoms with Crippen LogP contribution in [0.25, 0.3) is 0 Å². The number of carboxylic acid groups (broad SMARTS) is 1. The van der Waals surface area contributed by atoms with Gasteiger partial charge < -0.3 is 39.0 Å². The molecule has 0 amide bonds. The van der Waals surface area contributed by atoms with E-state index in [0.29, 0.717) is 19.3 Å². The van der Waals surface area contributed by atoms with Gasteiger partial charge in [-0.05, 0) is 141 Å². The van der Waals surface area contributed by atoms with Gasteiger partial charge in [0, 0.05) is 19.3 Å². The standard InChI is InChI=1S/C69H104O12/c1-4-7-10-13-16-19-22-25-28-30-31-33-36-39-42-45-48-51-54-57-63(72)80-67-65(74)64(73)66(68(75)76)81-69(67)78-59-60(79-62(71)56-53-50-47-44-41-38-34-27-24-21-18-15-12-9-6-3)58-77-61(70)55-52-49-46-43-40-37-35-32-29-26-23-20-17-14-11-8-5-2/h7-12,16-21,25-29,31,33-35,37,39,41-42,44,60,64-67,69,73-74H,4-6,13-15,22-24,30,32,36,38,40,43,45-59H2,1-3H3,(H,75,76)/b10-7-,11-8-,12-9-,19-16-,20-17-,21-18-,28-25-,29-26-,33-31-,34-27-,37-35-,42-39-,44-41-. The summed E-state index contributed by atoms with van der Waals surface area (Å²) in [6.45, 7) is 5.56. The van der Waals surface area contributed by atoms with E-state index >= 15 is 0 Å². The van der Waals surface area contributed by atoms with Gasteiger partial charge in [0.05, 0.1) is 6.61 Å². The number of allylic oxidation sites excluding steroid dienone is 26. The fourth-order valence-electron chi connectivity index (χ4n) is 8.02. The van der Waals surface area contributed by atoms with Crippen LogP contribution >= 0.6 is 0 Å². The topological polar surface area (TPSA) is 175 Å². The zero-order chi connectivity index (χ0) is 58.9. The Balaban J connectivity index is 2.76. The smallest absolute Gasteiger partial charge is 0.335 e. The van der Waals surface area contributed by atoms with E-state index in [1.807, 2.05) is 0 Å². The Hall–Kier alpha value is -5.66. The maximum absolute atomic E-state index is 13.2. The van der Waals surface area contributed by atoms with Crippen molar-refractivity contribution >= 4 is 23.9 Å². The fraction of sp³-hybridized carbons (Fsp3) is 0.565. The number of esters is 3. The highest BCUT2D eigenvalue weighted by Crippen LogP contribution is 2.26. The van der Waals surface area contributed by atoms with Crippen molar-refractivity contribution < 1.29 is 58.2 Å². The molecule has 1 rings (SSSR count). The monoisotopic (exact) mass is 1120 g/mol. The zero-order valence-electron chi connectivity index (χ0n) is 49.7. The summed E-state index contributed by atoms with van der Waals surface area (Å²) in [5.74, 6) is -3.28. The molecule has 0 spiro atoms. The van der Waals surface area contributed by atoms with Crippen LogP contribution in [0, 0.1) is 0 Å². The summed E-state index contributed by atoms with van der Waals surface area (Å²) in [5.41, 5.74) is 0. The summed E-state index contributed by atoms with van der Waals surface area (Å²) >= 11 is 0. The van der Waals surface area contributed by atoms with Crippen molar-refractivity contribution in [2.75, 3.05) is 13.2 Å². The number of aliphatic hydroxyl groups is 2. The Bertz CT molecular complexity index is 2010. The van der Waals surface area contributed by atoms with Crippen LogP contribution in [0.4, 0.5) is 0 Å². The van der Waals surface area contributed by atoms with Crippen LogP contribution in [0.3, 0.4) is 0 Å². The van der Waals surface area contributed by atoms with Crippen molar-refractivity contribution in [2.24, 2.45) is 0 Å². The van der Waals surface area contributed by atoms with Crippen molar-refractivity contribution in [2.45, 2.75) is 237 Å². The van der Waals surface area contributed by atoms with E-state index in [4.69, 9.17) is 23.7 Å². The molecule has 6 unspecified atom stereocenters. The van der Waals surface area contributed by atoms with Gasteiger partial charge in [-0.15, -0.1) is 0 Å². The molecule has 452 valence electrons. The molecule has 1 aliphatic rings. The molecule has 12 nitrogen and oxygen atoms in total. The Labute approximate surface area is 488 Å². The number of carbonyl (C=O) groups excluding carboxylic acids is 3. The molecule has 81 heavy (non-hydrogen) atoms. The van der Waals surface area contributed by atoms with E-state index in [2.05, 4.69) is 179 Å². The van der Waals surface area contributed by atoms with Crippen LogP contribution in [0.1, 0.15) is 201 Å². The molecule has 0 radical (unpaired) electrons. The molecule has 1 saturated heterocycles. The molecule has 3 N–H and O–H groups in total. The molecule has 0 aliphatic carbocycles. The molecule has 0 bridgehead atoms. The van der Waals surface area contributed by atoms with E-state index in [-0.39, 0.29) is 25.9 Å². The van der Waals surface area contributed by atoms with Crippen molar-refractivity contribution in [3.05, 3.63) is 158 Å². The lowest BCUT2D eigenvalue weighted by Crippen LogP contribution is -2.61. The maximum atomic E-state index is 13.2. The van der Waals surface area contributed by atoms with Crippen LogP contribution in [0.2, 0.25) is 0 Å². The third kappa shape index (κ3) is 44.7. The summed E-state index contributed by atoms with van der Waals surface area (Å²) in [7, 11) is 0. The molecule has 0 saturated carbocycles. The van der Waals surface area contributed by atoms with E-state index in [1.165, 1.54) is 0 Å². The minimum atomic E-state index is -1.94. The molecule has 12 heteroatoms. The third-order valence-corrected chi connectivity index (χ3v) is 12.6. The van der Waals surface area contributed by atoms with Crippen molar-refractivity contribution in [3.63, 3.8) is 0 Å². The van der Waals surface area contributed by atoms with Crippen molar-refractivity contribution in [1.29, 1.82) is 0 Å². The van der Waals surface area contributed by atoms with Crippen molar-refractivity contribution in [3.8, 4) is 0 Å². The molecule has 1 aliphatic heterocycles. The number of carboxylic acids is 1. The van der Waals surface area contributed by atoms with E-state index in [0.717, 1.165) is 141 Å². The lowest BCUT2D eigenvalue weighted by Gasteiger charge is -2.40. The first-order valence-corrected chi connectivity index (χ1v) is 30.5. The van der Waals surface area contributed by atoms with Crippen molar-refractivity contribution in [1.82, 2.24) is 0 Å². The highest BCUT2D eigenvalue weighted by molar-refractivity contribution is 5.74. The van der Waals surface area contributed by atoms with Gasteiger partial charge in [0.2, 0.25) is 0 Å². The van der Waals surface area contributed by atoms with Gasteiger partial charge in [-0.1, -0.05) is 198 Å². The van der Waals surface area contributed by atoms with Gasteiger partial charge in [0.15, 0.2) is 24.6 Å². The Morgan fingerprint density at radius 3 is 1.15 bits per heavy atom. The molecule has 6 atom stereocenters. The van der Waals surface area contributed by atoms with Gasteiger partial charge in [-0.2, -0.15) is 0 Å². The minimum Gasteiger partial charge on any atom is -0.479 e. The molecule has 1 fully saturated rings. The number of carbonyl (C=O) groups is 4. The first-order valence-electron chi connectivity index (χ1n) is 30.5. The SMILES string of the molecule is CC/C=C\C/C=C\C/C=C\C/C=C\C/C=C\CCCCCC(=O)OC1C(OCC(COC(=O)CCCCCC/C=C\C/C=C\C/C=C\C/C=C\CC)OC(=O)CCCC/C=C\C/C=C\C/C=C\C/C=C\CC)OC(C(=O)O)C(O)C1O. The summed E-state index contributed by atoms with van der Waals surface area (Å²) in [6.07, 6.45) is 67.8. The Morgan fingerprint density at radius 2 is 0.741 bits per heavy atom. The van der Waals surface area contributed by atoms with Gasteiger partial charge in [0.25, 0.3) is 0 Å². The number of ether oxygens (including phenoxy) is 5. The van der Waals surface area contributed by atoms with Crippen LogP contribution < -0.4 is 0 Å². The predicted octanol–water partition coefficient (Wildman–Crippen LogP) is 16.1. The second kappa shape index (κ2) is 54.9. The predicted molar refractivity (Wildman–Crippen MR) is 330 cm³/mol. The summed E-state index contributed by atoms with van der Waals surface area (Å²) in [4.78, 5) is 51.2. The number of hydrogen-bond acceptors (Lipinski definition) is 11. The number of rotatable bonds is 49. The maximum Gasteiger partial charge on any atom is 0.335 e. The van der Waals surface area contributed by atoms with Crippen LogP contribution in [0.15, 0.2) is 158 Å². The third-order valence-electron chi connectivity index (χ3n) is 12.6. The van der Waals surface area contributed by atoms with Gasteiger partial charge in [-0.25, -0.2) is 4.79 Å². The van der Waals surface area contributed by atoms with E-state index in [9.17, 15) is 34.5 Å². The number of unbranched alkanes of at least 4 members (excludes halogenated alkanes) is 9. The average molecular weight is 1130 g/mol. The fourth-order valence-corrected chi connectivity index (χ4v) is 8.02. The first kappa shape index (κ1) is 73.4. The summed E-state index contributed by atoms with van der Waals surface area (Å²) in [5, 5.41) is 31.5. The molecule has 0 aromatic rings. The highest BCUT2D eigenvalue weighted by atomic mass is 16.7. The van der Waals surface area contributed by atoms with E-state index in [1.54, 1.807) is 0 Å². The number of aliphatic carboxylic acids is 1. The average Bonchev–Trinajstić information content (AvgIpc) is 3.54. The lowest BCUT2D eigenvalue weighted by molar-refractivity contribution is -0.301. The largest absolute Gasteiger partial charge is 0.479 e. The first-order chi connectivity index (χ1) is 39.6. The number of aliphatic hydroxyl groups excluding tert-OH is 2. The molecule has 1 heterocycles. The second-order valence-electron chi connectivity index (χ2n) is 19.8. The molecule has 0 aromatic carbocycles. The summed E-state index contributed by atoms with van der Waals surface area (Å²) < 4.78 is 28.4. The van der Waals surface area contributed by atoms with Gasteiger partial charge in [0.1, 0.15) is 18.8 Å². The normalized spacial score (nSPS) is 18.9. The van der Waals surface area contributed by atoms with Gasteiger partial charge >= 0.3 is 23.9 Å². The zero-order valence-corrected chi connectivity index (χ0v) is 49.7. The summed E-state index contributed by atoms with van der Waals surface area (Å²) in [6, 6.07) is 0. The molecular weight excluding hydrogens is 1020 g/mol. The quantitative estimate of drug-likeness (QED) is 0.0228. The molecular formula is C69H104O12. The number of hydrogen-bond donors (Lipinski definition) is 3. The highest BCUT2D eigenvalue weighted by Gasteiger charge is 2.50. The van der Waals surface area contributed by atoms with E-state index < -0.39 is 67.3 Å². The van der Waals surface area contributed by atoms with Crippen LogP contribution in [-0.2, 0) is 42.9 Å². The Kier molecular flexibility index (Phi) is 49.7. The Morgan fingerprint density at radius 1 is 0.407 bits per heavy atom. The minimum absolute atomic E-state index is 0.00379. The lowest BCUT2D eigenvalue weighted by atomic mass is 9.98. The second-order valence-corrected chi connectivity index (χ2v) is 19.8. The van der Waals surface area contributed by atoms with Crippen LogP contribution in [0.5, 0.6) is 0 Å².